The van der Waals surface area contributed by atoms with E-state index in [-0.39, 0.29) is 10.3 Å². The van der Waals surface area contributed by atoms with Gasteiger partial charge in [-0.1, -0.05) is 39.8 Å². The number of rotatable bonds is 6. The van der Waals surface area contributed by atoms with E-state index in [1.54, 1.807) is 24.3 Å². The van der Waals surface area contributed by atoms with Crippen LogP contribution in [0.15, 0.2) is 47.5 Å². The van der Waals surface area contributed by atoms with Crippen molar-refractivity contribution in [2.75, 3.05) is 16.6 Å². The summed E-state index contributed by atoms with van der Waals surface area (Å²) in [5, 5.41) is 3.15. The number of nitrogens with zero attached hydrogens (tertiary/aromatic N) is 1. The van der Waals surface area contributed by atoms with Crippen LogP contribution in [-0.4, -0.2) is 19.9 Å². The molecule has 0 saturated heterocycles. The molecule has 2 aromatic rings. The fourth-order valence-electron chi connectivity index (χ4n) is 2.16. The minimum atomic E-state index is -3.62. The molecule has 2 N–H and O–H groups in total. The van der Waals surface area contributed by atoms with Crippen LogP contribution in [0.2, 0.25) is 0 Å². The number of hydrogen-bond donors (Lipinski definition) is 2. The van der Waals surface area contributed by atoms with Crippen LogP contribution in [-0.2, 0) is 15.4 Å². The fourth-order valence-corrected chi connectivity index (χ4v) is 3.20. The van der Waals surface area contributed by atoms with Gasteiger partial charge in [-0.3, -0.25) is 4.72 Å². The number of hydrogen-bond acceptors (Lipinski definition) is 4. The molecular weight excluding hydrogens is 322 g/mol. The topological polar surface area (TPSA) is 71.1 Å². The lowest BCUT2D eigenvalue weighted by molar-refractivity contribution is 0.587. The predicted octanol–water partition coefficient (Wildman–Crippen LogP) is 4.00. The van der Waals surface area contributed by atoms with Crippen molar-refractivity contribution in [2.24, 2.45) is 0 Å². The molecule has 0 spiro atoms. The lowest BCUT2D eigenvalue weighted by Gasteiger charge is -2.19. The second kappa shape index (κ2) is 7.21. The Kier molecular flexibility index (Phi) is 5.49. The number of anilines is 2. The predicted molar refractivity (Wildman–Crippen MR) is 99.0 cm³/mol. The Labute approximate surface area is 144 Å². The van der Waals surface area contributed by atoms with Crippen molar-refractivity contribution < 1.29 is 8.42 Å². The van der Waals surface area contributed by atoms with Crippen molar-refractivity contribution in [2.45, 2.75) is 44.4 Å². The molecular formula is C18H25N3O2S. The molecule has 0 aliphatic heterocycles. The number of pyridine rings is 1. The van der Waals surface area contributed by atoms with E-state index in [0.717, 1.165) is 24.3 Å². The lowest BCUT2D eigenvalue weighted by atomic mass is 9.87. The van der Waals surface area contributed by atoms with Crippen LogP contribution < -0.4 is 10.0 Å². The third-order valence-corrected chi connectivity index (χ3v) is 5.00. The Morgan fingerprint density at radius 3 is 2.21 bits per heavy atom. The Balaban J connectivity index is 2.13. The van der Waals surface area contributed by atoms with E-state index in [2.05, 4.69) is 42.7 Å². The monoisotopic (exact) mass is 347 g/mol. The first-order valence-corrected chi connectivity index (χ1v) is 9.54. The molecule has 0 fully saturated rings. The van der Waals surface area contributed by atoms with Gasteiger partial charge in [0.15, 0.2) is 0 Å². The Hall–Kier alpha value is -2.08. The van der Waals surface area contributed by atoms with Gasteiger partial charge in [-0.25, -0.2) is 13.4 Å². The molecule has 0 unspecified atom stereocenters. The second-order valence-corrected chi connectivity index (χ2v) is 8.42. The van der Waals surface area contributed by atoms with E-state index in [9.17, 15) is 8.42 Å². The van der Waals surface area contributed by atoms with Crippen molar-refractivity contribution in [3.63, 3.8) is 0 Å². The molecule has 24 heavy (non-hydrogen) atoms. The van der Waals surface area contributed by atoms with Crippen molar-refractivity contribution in [1.82, 2.24) is 4.98 Å². The molecule has 5 nitrogen and oxygen atoms in total. The maximum Gasteiger partial charge on any atom is 0.261 e. The third kappa shape index (κ3) is 4.71. The van der Waals surface area contributed by atoms with E-state index in [1.807, 2.05) is 12.1 Å². The largest absolute Gasteiger partial charge is 0.370 e. The summed E-state index contributed by atoms with van der Waals surface area (Å²) in [6.07, 6.45) is 2.51. The third-order valence-electron chi connectivity index (χ3n) is 3.60. The van der Waals surface area contributed by atoms with Crippen molar-refractivity contribution in [3.05, 3.63) is 48.2 Å². The molecule has 130 valence electrons. The highest BCUT2D eigenvalue weighted by molar-refractivity contribution is 7.92. The van der Waals surface area contributed by atoms with Gasteiger partial charge in [0.1, 0.15) is 5.82 Å². The summed E-state index contributed by atoms with van der Waals surface area (Å²) in [5.74, 6) is 0.731. The molecule has 0 aliphatic carbocycles. The van der Waals surface area contributed by atoms with Crippen LogP contribution >= 0.6 is 0 Å². The Morgan fingerprint density at radius 2 is 1.71 bits per heavy atom. The number of benzene rings is 1. The maximum absolute atomic E-state index is 12.5. The van der Waals surface area contributed by atoms with Crippen LogP contribution in [0.5, 0.6) is 0 Å². The van der Waals surface area contributed by atoms with Gasteiger partial charge in [-0.2, -0.15) is 0 Å². The number of nitrogens with one attached hydrogen (secondary N) is 2. The first-order valence-electron chi connectivity index (χ1n) is 8.05. The molecule has 1 heterocycles. The van der Waals surface area contributed by atoms with Crippen LogP contribution in [0.1, 0.15) is 39.7 Å². The molecule has 2 rings (SSSR count). The summed E-state index contributed by atoms with van der Waals surface area (Å²) < 4.78 is 27.5. The summed E-state index contributed by atoms with van der Waals surface area (Å²) in [6.45, 7) is 9.18. The molecule has 1 aromatic carbocycles. The molecule has 0 bridgehead atoms. The summed E-state index contributed by atoms with van der Waals surface area (Å²) >= 11 is 0. The number of aromatic nitrogens is 1. The molecule has 6 heteroatoms. The quantitative estimate of drug-likeness (QED) is 0.828. The first-order chi connectivity index (χ1) is 11.2. The lowest BCUT2D eigenvalue weighted by Crippen LogP contribution is -2.15. The highest BCUT2D eigenvalue weighted by Crippen LogP contribution is 2.24. The van der Waals surface area contributed by atoms with Gasteiger partial charge in [-0.15, -0.1) is 0 Å². The second-order valence-electron chi connectivity index (χ2n) is 6.74. The minimum Gasteiger partial charge on any atom is -0.370 e. The maximum atomic E-state index is 12.5. The SMILES string of the molecule is CCCNc1ccc(NS(=O)(=O)c2ccc(C(C)(C)C)cc2)cn1. The van der Waals surface area contributed by atoms with Gasteiger partial charge in [0.05, 0.1) is 16.8 Å². The zero-order valence-corrected chi connectivity index (χ0v) is 15.4. The minimum absolute atomic E-state index is 0.0129. The highest BCUT2D eigenvalue weighted by atomic mass is 32.2. The summed E-state index contributed by atoms with van der Waals surface area (Å²) in [5.41, 5.74) is 1.52. The molecule has 0 saturated carbocycles. The van der Waals surface area contributed by atoms with Gasteiger partial charge in [0.25, 0.3) is 10.0 Å². The normalized spacial score (nSPS) is 12.0. The zero-order valence-electron chi connectivity index (χ0n) is 14.6. The summed E-state index contributed by atoms with van der Waals surface area (Å²) in [6, 6.07) is 10.4. The zero-order chi connectivity index (χ0) is 17.8. The van der Waals surface area contributed by atoms with Gasteiger partial charge >= 0.3 is 0 Å². The molecule has 0 radical (unpaired) electrons. The van der Waals surface area contributed by atoms with Crippen LogP contribution in [0, 0.1) is 0 Å². The van der Waals surface area contributed by atoms with Gasteiger partial charge in [0, 0.05) is 6.54 Å². The molecule has 0 aliphatic rings. The van der Waals surface area contributed by atoms with Crippen LogP contribution in [0.4, 0.5) is 11.5 Å². The van der Waals surface area contributed by atoms with Crippen molar-refractivity contribution in [1.29, 1.82) is 0 Å². The first kappa shape index (κ1) is 18.3. The molecule has 0 atom stereocenters. The average molecular weight is 347 g/mol. The smallest absolute Gasteiger partial charge is 0.261 e. The Bertz CT molecular complexity index is 761. The highest BCUT2D eigenvalue weighted by Gasteiger charge is 2.17. The van der Waals surface area contributed by atoms with Gasteiger partial charge in [0.2, 0.25) is 0 Å². The number of sulfonamides is 1. The van der Waals surface area contributed by atoms with E-state index in [0.29, 0.717) is 5.69 Å². The van der Waals surface area contributed by atoms with E-state index in [1.165, 1.54) is 6.20 Å². The van der Waals surface area contributed by atoms with E-state index < -0.39 is 10.0 Å². The van der Waals surface area contributed by atoms with E-state index in [4.69, 9.17) is 0 Å². The average Bonchev–Trinajstić information content (AvgIpc) is 2.53. The van der Waals surface area contributed by atoms with Crippen molar-refractivity contribution in [3.8, 4) is 0 Å². The van der Waals surface area contributed by atoms with Crippen LogP contribution in [0.3, 0.4) is 0 Å². The van der Waals surface area contributed by atoms with Crippen LogP contribution in [0.25, 0.3) is 0 Å². The van der Waals surface area contributed by atoms with E-state index >= 15 is 0 Å². The Morgan fingerprint density at radius 1 is 1.04 bits per heavy atom. The fraction of sp³-hybridized carbons (Fsp3) is 0.389. The van der Waals surface area contributed by atoms with Crippen molar-refractivity contribution >= 4 is 21.5 Å². The molecule has 0 amide bonds. The summed E-state index contributed by atoms with van der Waals surface area (Å²) in [4.78, 5) is 4.44. The van der Waals surface area contributed by atoms with Gasteiger partial charge < -0.3 is 5.32 Å². The standard InChI is InChI=1S/C18H25N3O2S/c1-5-12-19-17-11-8-15(13-20-17)21-24(22,23)16-9-6-14(7-10-16)18(2,3)4/h6-11,13,21H,5,12H2,1-4H3,(H,19,20). The molecule has 1 aromatic heterocycles. The summed E-state index contributed by atoms with van der Waals surface area (Å²) in [7, 11) is -3.62. The van der Waals surface area contributed by atoms with Gasteiger partial charge in [-0.05, 0) is 41.7 Å².